The fraction of sp³-hybridized carbons (Fsp3) is 0.286. The molecule has 2 heterocycles. The Balaban J connectivity index is 1.70. The van der Waals surface area contributed by atoms with Gasteiger partial charge < -0.3 is 9.88 Å². The number of imidazole rings is 1. The lowest BCUT2D eigenvalue weighted by Crippen LogP contribution is -2.32. The van der Waals surface area contributed by atoms with E-state index < -0.39 is 39.5 Å². The van der Waals surface area contributed by atoms with Crippen molar-refractivity contribution in [3.8, 4) is 0 Å². The minimum Gasteiger partial charge on any atom is -0.380 e. The average molecular weight is 468 g/mol. The van der Waals surface area contributed by atoms with E-state index >= 15 is 0 Å². The third kappa shape index (κ3) is 4.35. The van der Waals surface area contributed by atoms with E-state index in [0.717, 1.165) is 6.07 Å². The Labute approximate surface area is 182 Å². The van der Waals surface area contributed by atoms with Gasteiger partial charge in [0.05, 0.1) is 11.9 Å². The topological polar surface area (TPSA) is 67.2 Å². The maximum Gasteiger partial charge on any atom is 0.418 e. The Morgan fingerprint density at radius 2 is 1.75 bits per heavy atom. The average Bonchev–Trinajstić information content (AvgIpc) is 3.36. The van der Waals surface area contributed by atoms with Crippen molar-refractivity contribution in [2.75, 3.05) is 18.4 Å². The van der Waals surface area contributed by atoms with Gasteiger partial charge in [-0.3, -0.25) is 0 Å². The highest BCUT2D eigenvalue weighted by atomic mass is 32.2. The molecular weight excluding hydrogens is 448 g/mol. The Morgan fingerprint density at radius 1 is 1.06 bits per heavy atom. The summed E-state index contributed by atoms with van der Waals surface area (Å²) in [5.41, 5.74) is -0.370. The number of para-hydroxylation sites is 1. The van der Waals surface area contributed by atoms with Crippen molar-refractivity contribution in [2.24, 2.45) is 7.05 Å². The van der Waals surface area contributed by atoms with E-state index in [9.17, 15) is 26.0 Å². The Bertz CT molecular complexity index is 1210. The molecule has 1 saturated heterocycles. The van der Waals surface area contributed by atoms with Crippen molar-refractivity contribution >= 4 is 15.7 Å². The number of anilines is 1. The number of nitrogens with zero attached hydrogens (tertiary/aromatic N) is 3. The molecule has 4 rings (SSSR count). The van der Waals surface area contributed by atoms with Gasteiger partial charge in [-0.25, -0.2) is 17.8 Å². The zero-order valence-corrected chi connectivity index (χ0v) is 17.7. The fourth-order valence-electron chi connectivity index (χ4n) is 3.87. The van der Waals surface area contributed by atoms with Crippen molar-refractivity contribution < 1.29 is 26.0 Å². The molecule has 2 atom stereocenters. The second kappa shape index (κ2) is 8.21. The third-order valence-electron chi connectivity index (χ3n) is 5.44. The number of alkyl halides is 3. The van der Waals surface area contributed by atoms with Gasteiger partial charge in [0.1, 0.15) is 5.82 Å². The van der Waals surface area contributed by atoms with Crippen LogP contribution in [0.25, 0.3) is 0 Å². The molecule has 0 aliphatic carbocycles. The minimum atomic E-state index is -4.58. The van der Waals surface area contributed by atoms with Gasteiger partial charge in [-0.2, -0.15) is 17.5 Å². The first kappa shape index (κ1) is 22.3. The molecule has 1 aromatic heterocycles. The third-order valence-corrected chi connectivity index (χ3v) is 7.16. The van der Waals surface area contributed by atoms with Gasteiger partial charge >= 0.3 is 6.18 Å². The summed E-state index contributed by atoms with van der Waals surface area (Å²) in [5, 5.41) is 2.75. The number of hydrogen-bond donors (Lipinski definition) is 1. The number of benzene rings is 2. The van der Waals surface area contributed by atoms with Gasteiger partial charge in [0, 0.05) is 44.0 Å². The van der Waals surface area contributed by atoms with E-state index in [4.69, 9.17) is 0 Å². The number of sulfonamides is 1. The molecule has 32 heavy (non-hydrogen) atoms. The monoisotopic (exact) mass is 468 g/mol. The maximum absolute atomic E-state index is 13.5. The standard InChI is InChI=1S/C21H20F4N4O2S/c1-28-12-20(26-13-28)32(30,31)29-10-16(14-6-8-15(22)9-7-14)19(11-29)27-18-5-3-2-4-17(18)21(23,24)25/h2-9,12-13,16,19,27H,10-11H2,1H3. The molecular formula is C21H20F4N4O2S. The minimum absolute atomic E-state index is 0.0103. The van der Waals surface area contributed by atoms with E-state index in [1.807, 2.05) is 0 Å². The van der Waals surface area contributed by atoms with Crippen LogP contribution in [0.3, 0.4) is 0 Å². The van der Waals surface area contributed by atoms with Crippen molar-refractivity contribution in [1.29, 1.82) is 0 Å². The molecule has 170 valence electrons. The second-order valence-corrected chi connectivity index (χ2v) is 9.54. The quantitative estimate of drug-likeness (QED) is 0.578. The first-order valence-electron chi connectivity index (χ1n) is 9.72. The van der Waals surface area contributed by atoms with E-state index in [0.29, 0.717) is 5.56 Å². The molecule has 0 amide bonds. The van der Waals surface area contributed by atoms with Gasteiger partial charge in [0.15, 0.2) is 5.03 Å². The molecule has 0 saturated carbocycles. The summed E-state index contributed by atoms with van der Waals surface area (Å²) >= 11 is 0. The van der Waals surface area contributed by atoms with Crippen molar-refractivity contribution in [3.05, 3.63) is 78.0 Å². The van der Waals surface area contributed by atoms with Gasteiger partial charge in [-0.05, 0) is 29.8 Å². The van der Waals surface area contributed by atoms with Crippen LogP contribution < -0.4 is 5.32 Å². The maximum atomic E-state index is 13.5. The summed E-state index contributed by atoms with van der Waals surface area (Å²) in [6.07, 6.45) is -1.86. The number of rotatable bonds is 5. The van der Waals surface area contributed by atoms with Gasteiger partial charge in [-0.15, -0.1) is 0 Å². The number of halogens is 4. The fourth-order valence-corrected chi connectivity index (χ4v) is 5.33. The predicted octanol–water partition coefficient (Wildman–Crippen LogP) is 3.85. The molecule has 2 aromatic carbocycles. The molecule has 6 nitrogen and oxygen atoms in total. The number of aryl methyl sites for hydroxylation is 1. The largest absolute Gasteiger partial charge is 0.418 e. The van der Waals surface area contributed by atoms with Crippen LogP contribution in [0.2, 0.25) is 0 Å². The molecule has 0 bridgehead atoms. The van der Waals surface area contributed by atoms with Crippen LogP contribution >= 0.6 is 0 Å². The predicted molar refractivity (Wildman–Crippen MR) is 110 cm³/mol. The zero-order valence-electron chi connectivity index (χ0n) is 16.9. The normalized spacial score (nSPS) is 19.9. The molecule has 1 N–H and O–H groups in total. The molecule has 0 spiro atoms. The van der Waals surface area contributed by atoms with E-state index in [1.165, 1.54) is 63.9 Å². The lowest BCUT2D eigenvalue weighted by molar-refractivity contribution is -0.137. The zero-order chi connectivity index (χ0) is 23.1. The molecule has 11 heteroatoms. The molecule has 2 unspecified atom stereocenters. The van der Waals surface area contributed by atoms with Crippen molar-refractivity contribution in [3.63, 3.8) is 0 Å². The van der Waals surface area contributed by atoms with Crippen LogP contribution in [0.1, 0.15) is 17.0 Å². The Hall–Kier alpha value is -2.92. The highest BCUT2D eigenvalue weighted by Crippen LogP contribution is 2.38. The Morgan fingerprint density at radius 3 is 2.38 bits per heavy atom. The van der Waals surface area contributed by atoms with Crippen LogP contribution in [0.5, 0.6) is 0 Å². The van der Waals surface area contributed by atoms with E-state index in [2.05, 4.69) is 10.3 Å². The van der Waals surface area contributed by atoms with Crippen LogP contribution in [0, 0.1) is 5.82 Å². The molecule has 1 fully saturated rings. The second-order valence-electron chi connectivity index (χ2n) is 7.65. The number of aromatic nitrogens is 2. The van der Waals surface area contributed by atoms with Gasteiger partial charge in [0.2, 0.25) is 0 Å². The summed E-state index contributed by atoms with van der Waals surface area (Å²) in [6, 6.07) is 9.87. The summed E-state index contributed by atoms with van der Waals surface area (Å²) < 4.78 is 82.7. The van der Waals surface area contributed by atoms with Crippen LogP contribution in [0.15, 0.2) is 66.1 Å². The SMILES string of the molecule is Cn1cnc(S(=O)(=O)N2CC(Nc3ccccc3C(F)(F)F)C(c3ccc(F)cc3)C2)c1. The van der Waals surface area contributed by atoms with Crippen LogP contribution in [0.4, 0.5) is 23.2 Å². The van der Waals surface area contributed by atoms with Crippen molar-refractivity contribution in [1.82, 2.24) is 13.9 Å². The number of hydrogen-bond acceptors (Lipinski definition) is 4. The van der Waals surface area contributed by atoms with Gasteiger partial charge in [0.25, 0.3) is 10.0 Å². The first-order valence-corrected chi connectivity index (χ1v) is 11.2. The van der Waals surface area contributed by atoms with Crippen LogP contribution in [-0.4, -0.2) is 41.4 Å². The molecule has 3 aromatic rings. The summed E-state index contributed by atoms with van der Waals surface area (Å²) in [5.74, 6) is -0.966. The molecule has 0 radical (unpaired) electrons. The first-order chi connectivity index (χ1) is 15.1. The van der Waals surface area contributed by atoms with Crippen molar-refractivity contribution in [2.45, 2.75) is 23.2 Å². The number of nitrogens with one attached hydrogen (secondary N) is 1. The lowest BCUT2D eigenvalue weighted by atomic mass is 9.94. The summed E-state index contributed by atoms with van der Waals surface area (Å²) in [4.78, 5) is 3.91. The van der Waals surface area contributed by atoms with Crippen LogP contribution in [-0.2, 0) is 23.2 Å². The molecule has 1 aliphatic rings. The lowest BCUT2D eigenvalue weighted by Gasteiger charge is -2.23. The summed E-state index contributed by atoms with van der Waals surface area (Å²) in [6.45, 7) is -0.0659. The highest BCUT2D eigenvalue weighted by Gasteiger charge is 2.42. The summed E-state index contributed by atoms with van der Waals surface area (Å²) in [7, 11) is -2.33. The molecule has 1 aliphatic heterocycles. The highest BCUT2D eigenvalue weighted by molar-refractivity contribution is 7.89. The Kier molecular flexibility index (Phi) is 5.72. The van der Waals surface area contributed by atoms with E-state index in [1.54, 1.807) is 7.05 Å². The van der Waals surface area contributed by atoms with Gasteiger partial charge in [-0.1, -0.05) is 24.3 Å². The smallest absolute Gasteiger partial charge is 0.380 e. The van der Waals surface area contributed by atoms with E-state index in [-0.39, 0.29) is 23.8 Å².